The van der Waals surface area contributed by atoms with Crippen molar-refractivity contribution in [2.24, 2.45) is 0 Å². The van der Waals surface area contributed by atoms with E-state index in [0.717, 1.165) is 45.2 Å². The number of benzene rings is 2. The van der Waals surface area contributed by atoms with E-state index in [-0.39, 0.29) is 63.1 Å². The van der Waals surface area contributed by atoms with Gasteiger partial charge in [-0.1, -0.05) is 12.1 Å². The lowest BCUT2D eigenvalue weighted by atomic mass is 9.94. The van der Waals surface area contributed by atoms with E-state index in [9.17, 15) is 9.90 Å². The van der Waals surface area contributed by atoms with Gasteiger partial charge in [-0.15, -0.1) is 0 Å². The number of phenolic OH excluding ortho intramolecular Hbond substituents is 1. The maximum atomic E-state index is 16.9. The van der Waals surface area contributed by atoms with Crippen LogP contribution in [0.2, 0.25) is 0 Å². The molecule has 1 amide bonds. The van der Waals surface area contributed by atoms with E-state index in [4.69, 9.17) is 14.5 Å². The number of aromatic hydroxyl groups is 1. The fraction of sp³-hybridized carbons (Fsp3) is 0.500. The Labute approximate surface area is 282 Å². The fourth-order valence-corrected chi connectivity index (χ4v) is 9.21. The molecule has 5 aliphatic rings. The number of carbonyl (C=O) groups excluding carboxylic acids is 1. The Bertz CT molecular complexity index is 2000. The van der Waals surface area contributed by atoms with Crippen LogP contribution < -0.4 is 15.0 Å². The summed E-state index contributed by atoms with van der Waals surface area (Å²) in [4.78, 5) is 33.7. The molecule has 0 radical (unpaired) electrons. The van der Waals surface area contributed by atoms with Crippen molar-refractivity contribution >= 4 is 33.4 Å². The van der Waals surface area contributed by atoms with Crippen LogP contribution in [0.25, 0.3) is 32.9 Å². The number of nitrogens with one attached hydrogen (secondary N) is 1. The molecule has 7 heterocycles. The van der Waals surface area contributed by atoms with Crippen LogP contribution in [0, 0.1) is 11.6 Å². The van der Waals surface area contributed by atoms with Crippen molar-refractivity contribution < 1.29 is 28.2 Å². The van der Waals surface area contributed by atoms with E-state index in [2.05, 4.69) is 25.1 Å². The largest absolute Gasteiger partial charge is 0.508 e. The third kappa shape index (κ3) is 5.16. The number of carbonyl (C=O) groups is 1. The average molecular weight is 672 g/mol. The first-order chi connectivity index (χ1) is 23.7. The first kappa shape index (κ1) is 30.8. The standard InChI is InChI=1S/C36H39F2N7O4/c1-43-18-35-9-6-22(42-35)16-44(19-35)33-26-15-39-31(25-13-23(46)12-21-4-2-5-27(37)29(21)25)30(38)32(26)40-34(41-33)49-20-36-8-3-10-45(36)17-24(14-36)48-11-7-28(43)47/h2,4-5,12-13,15,22,24,42,46H,3,6-11,14,16-20H2,1H3/t22-,24-,35-,36-/m1/s1. The molecule has 256 valence electrons. The van der Waals surface area contributed by atoms with Crippen LogP contribution in [-0.2, 0) is 9.53 Å². The van der Waals surface area contributed by atoms with Gasteiger partial charge in [-0.3, -0.25) is 14.7 Å². The summed E-state index contributed by atoms with van der Waals surface area (Å²) < 4.78 is 44.9. The molecule has 2 aromatic carbocycles. The smallest absolute Gasteiger partial charge is 0.319 e. The number of phenols is 1. The molecule has 2 N–H and O–H groups in total. The summed E-state index contributed by atoms with van der Waals surface area (Å²) in [5.74, 6) is -0.874. The lowest BCUT2D eigenvalue weighted by Crippen LogP contribution is -2.64. The third-order valence-corrected chi connectivity index (χ3v) is 11.4. The summed E-state index contributed by atoms with van der Waals surface area (Å²) in [6.07, 6.45) is 6.37. The molecule has 4 saturated heterocycles. The number of pyridine rings is 1. The van der Waals surface area contributed by atoms with Crippen LogP contribution in [0.1, 0.15) is 38.5 Å². The number of hydrogen-bond donors (Lipinski definition) is 2. The predicted molar refractivity (Wildman–Crippen MR) is 179 cm³/mol. The van der Waals surface area contributed by atoms with Gasteiger partial charge in [0.15, 0.2) is 5.82 Å². The number of likely N-dealkylation sites (N-methyl/N-ethyl adjacent to an activating group) is 1. The quantitative estimate of drug-likeness (QED) is 0.308. The average Bonchev–Trinajstić information content (AvgIpc) is 3.72. The normalized spacial score (nSPS) is 29.0. The SMILES string of the molecule is CN1C[C@]23CC[C@H](CN(C2)c2nc(nc4c(F)c(-c5cc(O)cc6cccc(F)c56)ncc24)OC[C@]24CCCN2C[C@@H](C4)OCCC1=O)N3. The van der Waals surface area contributed by atoms with Crippen LogP contribution in [0.4, 0.5) is 14.6 Å². The number of halogens is 2. The minimum absolute atomic E-state index is 0.0105. The van der Waals surface area contributed by atoms with Gasteiger partial charge in [0.25, 0.3) is 0 Å². The van der Waals surface area contributed by atoms with Gasteiger partial charge in [-0.25, -0.2) is 8.78 Å². The van der Waals surface area contributed by atoms with Crippen molar-refractivity contribution in [3.05, 3.63) is 48.2 Å². The van der Waals surface area contributed by atoms with Gasteiger partial charge in [0.2, 0.25) is 5.91 Å². The number of hydrogen-bond acceptors (Lipinski definition) is 10. The number of rotatable bonds is 1. The van der Waals surface area contributed by atoms with Crippen molar-refractivity contribution in [3.63, 3.8) is 0 Å². The first-order valence-corrected chi connectivity index (χ1v) is 17.2. The summed E-state index contributed by atoms with van der Waals surface area (Å²) in [5, 5.41) is 15.3. The Kier molecular flexibility index (Phi) is 7.19. The summed E-state index contributed by atoms with van der Waals surface area (Å²) in [7, 11) is 1.85. The summed E-state index contributed by atoms with van der Waals surface area (Å²) >= 11 is 0. The zero-order valence-electron chi connectivity index (χ0n) is 27.4. The molecule has 2 aromatic heterocycles. The maximum Gasteiger partial charge on any atom is 0.319 e. The molecular weight excluding hydrogens is 632 g/mol. The highest BCUT2D eigenvalue weighted by molar-refractivity contribution is 6.00. The Morgan fingerprint density at radius 1 is 1.12 bits per heavy atom. The number of amides is 1. The van der Waals surface area contributed by atoms with Crippen LogP contribution in [0.5, 0.6) is 11.8 Å². The van der Waals surface area contributed by atoms with Crippen LogP contribution >= 0.6 is 0 Å². The Morgan fingerprint density at radius 2 is 2.02 bits per heavy atom. The molecule has 13 heteroatoms. The zero-order valence-corrected chi connectivity index (χ0v) is 27.4. The molecule has 11 nitrogen and oxygen atoms in total. The second kappa shape index (κ2) is 11.4. The molecule has 5 aliphatic heterocycles. The van der Waals surface area contributed by atoms with Crippen molar-refractivity contribution in [3.8, 4) is 23.0 Å². The lowest BCUT2D eigenvalue weighted by Gasteiger charge is -2.44. The summed E-state index contributed by atoms with van der Waals surface area (Å²) in [5.41, 5.74) is -0.634. The summed E-state index contributed by atoms with van der Waals surface area (Å²) in [6.45, 7) is 4.05. The highest BCUT2D eigenvalue weighted by Gasteiger charge is 2.50. The lowest BCUT2D eigenvalue weighted by molar-refractivity contribution is -0.132. The molecule has 0 unspecified atom stereocenters. The highest BCUT2D eigenvalue weighted by Crippen LogP contribution is 2.42. The second-order valence-corrected chi connectivity index (χ2v) is 14.6. The minimum Gasteiger partial charge on any atom is -0.508 e. The molecule has 49 heavy (non-hydrogen) atoms. The predicted octanol–water partition coefficient (Wildman–Crippen LogP) is 4.00. The first-order valence-electron chi connectivity index (χ1n) is 17.2. The van der Waals surface area contributed by atoms with Gasteiger partial charge in [-0.2, -0.15) is 9.97 Å². The second-order valence-electron chi connectivity index (χ2n) is 14.6. The van der Waals surface area contributed by atoms with E-state index in [0.29, 0.717) is 55.9 Å². The Hall–Kier alpha value is -4.20. The van der Waals surface area contributed by atoms with Crippen LogP contribution in [0.3, 0.4) is 0 Å². The maximum absolute atomic E-state index is 16.9. The van der Waals surface area contributed by atoms with Crippen molar-refractivity contribution in [2.45, 2.75) is 61.7 Å². The van der Waals surface area contributed by atoms with Gasteiger partial charge >= 0.3 is 6.01 Å². The Balaban J connectivity index is 1.19. The van der Waals surface area contributed by atoms with E-state index in [1.807, 2.05) is 7.05 Å². The minimum atomic E-state index is -0.750. The number of piperazine rings is 1. The van der Waals surface area contributed by atoms with Crippen LogP contribution in [-0.4, -0.2) is 112 Å². The highest BCUT2D eigenvalue weighted by atomic mass is 19.1. The van der Waals surface area contributed by atoms with Crippen molar-refractivity contribution in [2.75, 3.05) is 57.9 Å². The molecule has 0 saturated carbocycles. The third-order valence-electron chi connectivity index (χ3n) is 11.4. The molecular formula is C36H39F2N7O4. The number of nitrogens with zero attached hydrogens (tertiary/aromatic N) is 6. The number of anilines is 1. The van der Waals surface area contributed by atoms with Crippen molar-refractivity contribution in [1.82, 2.24) is 30.1 Å². The zero-order chi connectivity index (χ0) is 33.5. The van der Waals surface area contributed by atoms with Gasteiger partial charge in [0.05, 0.1) is 35.6 Å². The van der Waals surface area contributed by atoms with Gasteiger partial charge in [0.1, 0.15) is 35.2 Å². The molecule has 0 aliphatic carbocycles. The molecule has 2 spiro atoms. The van der Waals surface area contributed by atoms with Crippen molar-refractivity contribution in [1.29, 1.82) is 0 Å². The fourth-order valence-electron chi connectivity index (χ4n) is 9.21. The van der Waals surface area contributed by atoms with Gasteiger partial charge in [-0.05, 0) is 62.2 Å². The number of aromatic nitrogens is 3. The van der Waals surface area contributed by atoms with Gasteiger partial charge in [0, 0.05) is 56.4 Å². The number of fused-ring (bicyclic) bond motifs is 9. The van der Waals surface area contributed by atoms with Crippen LogP contribution in [0.15, 0.2) is 36.5 Å². The van der Waals surface area contributed by atoms with E-state index < -0.39 is 11.6 Å². The molecule has 4 atom stereocenters. The molecule has 4 fully saturated rings. The molecule has 4 aromatic rings. The topological polar surface area (TPSA) is 116 Å². The number of ether oxygens (including phenoxy) is 2. The van der Waals surface area contributed by atoms with Gasteiger partial charge < -0.3 is 29.7 Å². The van der Waals surface area contributed by atoms with E-state index >= 15 is 8.78 Å². The molecule has 9 rings (SSSR count). The monoisotopic (exact) mass is 671 g/mol. The summed E-state index contributed by atoms with van der Waals surface area (Å²) in [6, 6.07) is 7.50. The van der Waals surface area contributed by atoms with E-state index in [1.165, 1.54) is 24.4 Å². The van der Waals surface area contributed by atoms with E-state index in [1.54, 1.807) is 17.0 Å². The Morgan fingerprint density at radius 3 is 2.92 bits per heavy atom. The molecule has 7 bridgehead atoms.